The molecule has 1 heterocycles. The van der Waals surface area contributed by atoms with Crippen LogP contribution in [0.3, 0.4) is 0 Å². The van der Waals surface area contributed by atoms with Gasteiger partial charge in [0.2, 0.25) is 11.0 Å². The van der Waals surface area contributed by atoms with Gasteiger partial charge in [-0.3, -0.25) is 14.4 Å². The molecule has 2 aromatic carbocycles. The van der Waals surface area contributed by atoms with Gasteiger partial charge in [-0.1, -0.05) is 47.4 Å². The van der Waals surface area contributed by atoms with Crippen LogP contribution in [0.25, 0.3) is 0 Å². The fourth-order valence-corrected chi connectivity index (χ4v) is 5.71. The van der Waals surface area contributed by atoms with Crippen molar-refractivity contribution < 1.29 is 13.2 Å². The molecular weight excluding hydrogens is 555 g/mol. The van der Waals surface area contributed by atoms with Crippen molar-refractivity contribution in [3.05, 3.63) is 70.8 Å². The molecule has 0 aliphatic carbocycles. The molecule has 3 rings (SSSR count). The normalized spacial score (nSPS) is 11.1. The number of rotatable bonds is 9. The SMILES string of the molecule is C=CCSc1nnc(NC(=O)CN(c2ccc(I)cc2)S(=O)(=O)c2ccccc2)s1. The van der Waals surface area contributed by atoms with Crippen molar-refractivity contribution in [2.45, 2.75) is 9.24 Å². The molecule has 3 aromatic rings. The van der Waals surface area contributed by atoms with E-state index in [0.29, 0.717) is 20.9 Å². The molecule has 1 aromatic heterocycles. The van der Waals surface area contributed by atoms with E-state index in [0.717, 1.165) is 7.88 Å². The van der Waals surface area contributed by atoms with Crippen LogP contribution in [0.1, 0.15) is 0 Å². The minimum absolute atomic E-state index is 0.107. The van der Waals surface area contributed by atoms with E-state index in [4.69, 9.17) is 0 Å². The fraction of sp³-hybridized carbons (Fsp3) is 0.105. The van der Waals surface area contributed by atoms with Crippen LogP contribution in [0.15, 0.2) is 76.5 Å². The van der Waals surface area contributed by atoms with E-state index in [9.17, 15) is 13.2 Å². The van der Waals surface area contributed by atoms with Crippen LogP contribution < -0.4 is 9.62 Å². The third-order valence-electron chi connectivity index (χ3n) is 3.71. The first-order valence-electron chi connectivity index (χ1n) is 8.60. The largest absolute Gasteiger partial charge is 0.299 e. The van der Waals surface area contributed by atoms with Gasteiger partial charge in [-0.25, -0.2) is 8.42 Å². The summed E-state index contributed by atoms with van der Waals surface area (Å²) in [6, 6.07) is 14.9. The number of thioether (sulfide) groups is 1. The minimum atomic E-state index is -3.94. The summed E-state index contributed by atoms with van der Waals surface area (Å²) in [6.07, 6.45) is 1.75. The summed E-state index contributed by atoms with van der Waals surface area (Å²) in [5.74, 6) is 0.169. The van der Waals surface area contributed by atoms with Crippen molar-refractivity contribution in [3.8, 4) is 0 Å². The summed E-state index contributed by atoms with van der Waals surface area (Å²) < 4.78 is 29.2. The molecule has 0 radical (unpaired) electrons. The highest BCUT2D eigenvalue weighted by Crippen LogP contribution is 2.27. The number of hydrogen-bond donors (Lipinski definition) is 1. The Morgan fingerprint density at radius 2 is 1.87 bits per heavy atom. The van der Waals surface area contributed by atoms with E-state index >= 15 is 0 Å². The lowest BCUT2D eigenvalue weighted by Crippen LogP contribution is -2.38. The van der Waals surface area contributed by atoms with Gasteiger partial charge in [0, 0.05) is 9.32 Å². The van der Waals surface area contributed by atoms with E-state index in [1.54, 1.807) is 48.5 Å². The van der Waals surface area contributed by atoms with Gasteiger partial charge in [0.1, 0.15) is 6.54 Å². The van der Waals surface area contributed by atoms with Crippen LogP contribution >= 0.6 is 45.7 Å². The molecule has 0 aliphatic heterocycles. The summed E-state index contributed by atoms with van der Waals surface area (Å²) in [7, 11) is -3.94. The Labute approximate surface area is 196 Å². The summed E-state index contributed by atoms with van der Waals surface area (Å²) in [5.41, 5.74) is 0.397. The second-order valence-electron chi connectivity index (χ2n) is 5.82. The quantitative estimate of drug-likeness (QED) is 0.178. The van der Waals surface area contributed by atoms with Crippen molar-refractivity contribution in [3.63, 3.8) is 0 Å². The molecule has 156 valence electrons. The molecule has 11 heteroatoms. The van der Waals surface area contributed by atoms with Crippen molar-refractivity contribution in [2.24, 2.45) is 0 Å². The number of amides is 1. The molecule has 1 amide bonds. The maximum Gasteiger partial charge on any atom is 0.264 e. The summed E-state index contributed by atoms with van der Waals surface area (Å²) in [4.78, 5) is 12.8. The first-order valence-corrected chi connectivity index (χ1v) is 12.9. The molecule has 0 unspecified atom stereocenters. The molecule has 30 heavy (non-hydrogen) atoms. The third-order valence-corrected chi connectivity index (χ3v) is 8.19. The highest BCUT2D eigenvalue weighted by atomic mass is 127. The van der Waals surface area contributed by atoms with E-state index in [2.05, 4.69) is 44.7 Å². The fourth-order valence-electron chi connectivity index (χ4n) is 2.38. The second-order valence-corrected chi connectivity index (χ2v) is 11.2. The minimum Gasteiger partial charge on any atom is -0.299 e. The van der Waals surface area contributed by atoms with Crippen molar-refractivity contribution >= 4 is 72.4 Å². The molecule has 1 N–H and O–H groups in total. The molecule has 7 nitrogen and oxygen atoms in total. The molecule has 0 saturated carbocycles. The average molecular weight is 572 g/mol. The first kappa shape index (κ1) is 22.7. The maximum absolute atomic E-state index is 13.2. The smallest absolute Gasteiger partial charge is 0.264 e. The Balaban J connectivity index is 1.84. The highest BCUT2D eigenvalue weighted by molar-refractivity contribution is 14.1. The zero-order valence-electron chi connectivity index (χ0n) is 15.6. The number of benzene rings is 2. The van der Waals surface area contributed by atoms with Crippen LogP contribution in [-0.4, -0.2) is 36.8 Å². The number of nitrogens with one attached hydrogen (secondary N) is 1. The van der Waals surface area contributed by atoms with Gasteiger partial charge in [-0.05, 0) is 59.0 Å². The number of carbonyl (C=O) groups excluding carboxylic acids is 1. The Morgan fingerprint density at radius 3 is 2.53 bits per heavy atom. The predicted molar refractivity (Wildman–Crippen MR) is 130 cm³/mol. The zero-order valence-corrected chi connectivity index (χ0v) is 20.2. The van der Waals surface area contributed by atoms with Crippen molar-refractivity contribution in [2.75, 3.05) is 21.9 Å². The number of carbonyl (C=O) groups is 1. The number of hydrogen-bond acceptors (Lipinski definition) is 7. The zero-order chi connectivity index (χ0) is 21.6. The molecule has 0 spiro atoms. The number of nitrogens with zero attached hydrogens (tertiary/aromatic N) is 3. The van der Waals surface area contributed by atoms with Gasteiger partial charge in [-0.15, -0.1) is 16.8 Å². The lowest BCUT2D eigenvalue weighted by Gasteiger charge is -2.24. The first-order chi connectivity index (χ1) is 14.4. The number of sulfonamides is 1. The summed E-state index contributed by atoms with van der Waals surface area (Å²) in [5, 5.41) is 10.9. The molecule has 0 atom stereocenters. The lowest BCUT2D eigenvalue weighted by molar-refractivity contribution is -0.114. The number of aromatic nitrogens is 2. The van der Waals surface area contributed by atoms with Crippen LogP contribution in [0.5, 0.6) is 0 Å². The second kappa shape index (κ2) is 10.4. The number of anilines is 2. The molecule has 0 aliphatic rings. The Hall–Kier alpha value is -1.96. The van der Waals surface area contributed by atoms with Gasteiger partial charge in [-0.2, -0.15) is 0 Å². The molecular formula is C19H17IN4O3S3. The van der Waals surface area contributed by atoms with Gasteiger partial charge >= 0.3 is 0 Å². The summed E-state index contributed by atoms with van der Waals surface area (Å²) in [6.45, 7) is 3.25. The molecule has 0 saturated heterocycles. The van der Waals surface area contributed by atoms with Crippen molar-refractivity contribution in [1.82, 2.24) is 10.2 Å². The maximum atomic E-state index is 13.2. The van der Waals surface area contributed by atoms with E-state index in [-0.39, 0.29) is 4.90 Å². The van der Waals surface area contributed by atoms with Crippen LogP contribution in [0.2, 0.25) is 0 Å². The van der Waals surface area contributed by atoms with E-state index in [1.807, 2.05) is 0 Å². The lowest BCUT2D eigenvalue weighted by atomic mass is 10.3. The topological polar surface area (TPSA) is 92.3 Å². The standard InChI is InChI=1S/C19H17IN4O3S3/c1-2-12-28-19-23-22-18(29-19)21-17(25)13-24(15-10-8-14(20)9-11-15)30(26,27)16-6-4-3-5-7-16/h2-11H,1,12-13H2,(H,21,22,25). The monoisotopic (exact) mass is 572 g/mol. The highest BCUT2D eigenvalue weighted by Gasteiger charge is 2.27. The molecule has 0 bridgehead atoms. The van der Waals surface area contributed by atoms with E-state index < -0.39 is 22.5 Å². The van der Waals surface area contributed by atoms with Crippen LogP contribution in [0, 0.1) is 3.57 Å². The van der Waals surface area contributed by atoms with Crippen molar-refractivity contribution in [1.29, 1.82) is 0 Å². The Bertz CT molecular complexity index is 1120. The van der Waals surface area contributed by atoms with Gasteiger partial charge in [0.25, 0.3) is 10.0 Å². The average Bonchev–Trinajstić information content (AvgIpc) is 3.19. The third kappa shape index (κ3) is 5.80. The predicted octanol–water partition coefficient (Wildman–Crippen LogP) is 4.25. The number of halogens is 1. The van der Waals surface area contributed by atoms with Gasteiger partial charge in [0.05, 0.1) is 10.6 Å². The Morgan fingerprint density at radius 1 is 1.17 bits per heavy atom. The van der Waals surface area contributed by atoms with E-state index in [1.165, 1.54) is 35.2 Å². The summed E-state index contributed by atoms with van der Waals surface area (Å²) >= 11 is 4.81. The van der Waals surface area contributed by atoms with Gasteiger partial charge in [0.15, 0.2) is 4.34 Å². The van der Waals surface area contributed by atoms with Crippen LogP contribution in [-0.2, 0) is 14.8 Å². The molecule has 0 fully saturated rings. The van der Waals surface area contributed by atoms with Crippen LogP contribution in [0.4, 0.5) is 10.8 Å². The van der Waals surface area contributed by atoms with Gasteiger partial charge < -0.3 is 0 Å². The Kier molecular flexibility index (Phi) is 7.86.